The first kappa shape index (κ1) is 13.2. The first-order valence-electron chi connectivity index (χ1n) is 6.48. The summed E-state index contributed by atoms with van der Waals surface area (Å²) < 4.78 is 0. The van der Waals surface area contributed by atoms with Crippen LogP contribution in [0.2, 0.25) is 0 Å². The van der Waals surface area contributed by atoms with E-state index >= 15 is 0 Å². The molecule has 0 aliphatic heterocycles. The van der Waals surface area contributed by atoms with Gasteiger partial charge in [0.15, 0.2) is 0 Å². The van der Waals surface area contributed by atoms with Crippen molar-refractivity contribution in [2.45, 2.75) is 39.3 Å². The molecule has 0 fully saturated rings. The number of hydrogen-bond donors (Lipinski definition) is 1. The Labute approximate surface area is 113 Å². The molecule has 2 rings (SSSR count). The molecule has 0 aliphatic carbocycles. The quantitative estimate of drug-likeness (QED) is 0.846. The summed E-state index contributed by atoms with van der Waals surface area (Å²) in [7, 11) is 0. The minimum Gasteiger partial charge on any atom is -0.304 e. The van der Waals surface area contributed by atoms with Crippen molar-refractivity contribution in [3.63, 3.8) is 0 Å². The third kappa shape index (κ3) is 3.40. The van der Waals surface area contributed by atoms with E-state index in [1.807, 2.05) is 23.6 Å². The Morgan fingerprint density at radius 1 is 1.33 bits per heavy atom. The Morgan fingerprint density at radius 3 is 2.89 bits per heavy atom. The van der Waals surface area contributed by atoms with Gasteiger partial charge in [0.05, 0.1) is 5.69 Å². The van der Waals surface area contributed by atoms with Crippen LogP contribution in [-0.4, -0.2) is 4.98 Å². The van der Waals surface area contributed by atoms with Gasteiger partial charge in [-0.05, 0) is 36.4 Å². The molecule has 0 bridgehead atoms. The molecule has 18 heavy (non-hydrogen) atoms. The molecule has 1 unspecified atom stereocenters. The van der Waals surface area contributed by atoms with Crippen LogP contribution in [0, 0.1) is 6.92 Å². The van der Waals surface area contributed by atoms with Crippen molar-refractivity contribution in [1.82, 2.24) is 10.3 Å². The van der Waals surface area contributed by atoms with Crippen LogP contribution in [0.5, 0.6) is 0 Å². The van der Waals surface area contributed by atoms with Gasteiger partial charge >= 0.3 is 0 Å². The summed E-state index contributed by atoms with van der Waals surface area (Å²) >= 11 is 1.83. The molecule has 1 atom stereocenters. The van der Waals surface area contributed by atoms with Crippen LogP contribution in [0.3, 0.4) is 0 Å². The summed E-state index contributed by atoms with van der Waals surface area (Å²) in [5.41, 5.74) is 2.40. The van der Waals surface area contributed by atoms with E-state index in [1.54, 1.807) is 0 Å². The van der Waals surface area contributed by atoms with E-state index in [1.165, 1.54) is 23.3 Å². The first-order chi connectivity index (χ1) is 8.81. The molecular formula is C15H20N2S. The predicted octanol–water partition coefficient (Wildman–Crippen LogP) is 4.08. The Balaban J connectivity index is 2.00. The molecule has 0 aromatic carbocycles. The molecule has 2 aromatic rings. The van der Waals surface area contributed by atoms with Gasteiger partial charge in [-0.3, -0.25) is 4.98 Å². The van der Waals surface area contributed by atoms with Crippen LogP contribution in [0.25, 0.3) is 0 Å². The van der Waals surface area contributed by atoms with Crippen molar-refractivity contribution in [2.24, 2.45) is 0 Å². The molecule has 2 heterocycles. The maximum Gasteiger partial charge on any atom is 0.0570 e. The zero-order valence-electron chi connectivity index (χ0n) is 11.0. The minimum atomic E-state index is 0.455. The van der Waals surface area contributed by atoms with Gasteiger partial charge in [0.1, 0.15) is 0 Å². The second kappa shape index (κ2) is 6.66. The largest absolute Gasteiger partial charge is 0.304 e. The number of pyridine rings is 1. The Bertz CT molecular complexity index is 465. The summed E-state index contributed by atoms with van der Waals surface area (Å²) in [6.45, 7) is 5.19. The van der Waals surface area contributed by atoms with Crippen molar-refractivity contribution in [2.75, 3.05) is 0 Å². The van der Waals surface area contributed by atoms with E-state index < -0.39 is 0 Å². The molecule has 0 amide bonds. The van der Waals surface area contributed by atoms with Crippen molar-refractivity contribution < 1.29 is 0 Å². The molecule has 1 N–H and O–H groups in total. The Hall–Kier alpha value is -1.19. The number of hydrogen-bond acceptors (Lipinski definition) is 3. The van der Waals surface area contributed by atoms with Gasteiger partial charge in [0.2, 0.25) is 0 Å². The molecule has 0 spiro atoms. The fourth-order valence-corrected chi connectivity index (χ4v) is 2.88. The maximum atomic E-state index is 4.43. The molecule has 0 saturated heterocycles. The Kier molecular flexibility index (Phi) is 4.90. The van der Waals surface area contributed by atoms with E-state index in [2.05, 4.69) is 47.7 Å². The third-order valence-electron chi connectivity index (χ3n) is 3.10. The van der Waals surface area contributed by atoms with E-state index in [-0.39, 0.29) is 0 Å². The van der Waals surface area contributed by atoms with Gasteiger partial charge in [-0.2, -0.15) is 0 Å². The zero-order chi connectivity index (χ0) is 12.8. The summed E-state index contributed by atoms with van der Waals surface area (Å²) in [4.78, 5) is 5.85. The molecular weight excluding hydrogens is 240 g/mol. The minimum absolute atomic E-state index is 0.455. The second-order valence-corrected chi connectivity index (χ2v) is 5.48. The van der Waals surface area contributed by atoms with Crippen LogP contribution in [0.1, 0.15) is 41.9 Å². The third-order valence-corrected chi connectivity index (χ3v) is 4.08. The summed E-state index contributed by atoms with van der Waals surface area (Å²) in [6.07, 6.45) is 4.23. The lowest BCUT2D eigenvalue weighted by molar-refractivity contribution is 0.495. The van der Waals surface area contributed by atoms with Crippen LogP contribution in [0.4, 0.5) is 0 Å². The highest BCUT2D eigenvalue weighted by Gasteiger charge is 2.11. The Morgan fingerprint density at radius 2 is 2.22 bits per heavy atom. The first-order valence-corrected chi connectivity index (χ1v) is 7.36. The summed E-state index contributed by atoms with van der Waals surface area (Å²) in [5, 5.41) is 5.77. The van der Waals surface area contributed by atoms with Gasteiger partial charge in [0.25, 0.3) is 0 Å². The number of rotatable bonds is 6. The molecule has 3 heteroatoms. The van der Waals surface area contributed by atoms with E-state index in [9.17, 15) is 0 Å². The van der Waals surface area contributed by atoms with Crippen LogP contribution < -0.4 is 5.32 Å². The molecule has 0 aliphatic rings. The second-order valence-electron chi connectivity index (χ2n) is 4.50. The molecule has 0 radical (unpaired) electrons. The van der Waals surface area contributed by atoms with Crippen molar-refractivity contribution in [3.8, 4) is 0 Å². The van der Waals surface area contributed by atoms with E-state index in [0.717, 1.165) is 12.2 Å². The average Bonchev–Trinajstić information content (AvgIpc) is 2.90. The highest BCUT2D eigenvalue weighted by Crippen LogP contribution is 2.23. The number of aromatic nitrogens is 1. The van der Waals surface area contributed by atoms with Crippen LogP contribution in [-0.2, 0) is 6.54 Å². The van der Waals surface area contributed by atoms with Crippen molar-refractivity contribution in [3.05, 3.63) is 52.0 Å². The molecule has 0 saturated carbocycles. The van der Waals surface area contributed by atoms with Gasteiger partial charge in [-0.1, -0.05) is 25.5 Å². The monoisotopic (exact) mass is 260 g/mol. The fourth-order valence-electron chi connectivity index (χ4n) is 2.05. The lowest BCUT2D eigenvalue weighted by Crippen LogP contribution is -2.21. The fraction of sp³-hybridized carbons (Fsp3) is 0.400. The molecule has 2 aromatic heterocycles. The van der Waals surface area contributed by atoms with E-state index in [4.69, 9.17) is 0 Å². The van der Waals surface area contributed by atoms with Gasteiger partial charge in [-0.15, -0.1) is 11.3 Å². The van der Waals surface area contributed by atoms with Crippen molar-refractivity contribution in [1.29, 1.82) is 0 Å². The van der Waals surface area contributed by atoms with E-state index in [0.29, 0.717) is 6.04 Å². The molecule has 96 valence electrons. The van der Waals surface area contributed by atoms with Gasteiger partial charge < -0.3 is 5.32 Å². The van der Waals surface area contributed by atoms with Gasteiger partial charge in [0, 0.05) is 23.7 Å². The lowest BCUT2D eigenvalue weighted by atomic mass is 10.1. The number of nitrogens with one attached hydrogen (secondary N) is 1. The zero-order valence-corrected chi connectivity index (χ0v) is 11.8. The van der Waals surface area contributed by atoms with Gasteiger partial charge in [-0.25, -0.2) is 0 Å². The van der Waals surface area contributed by atoms with Crippen LogP contribution >= 0.6 is 11.3 Å². The standard InChI is InChI=1S/C15H20N2S/c1-3-6-13(15-8-5-10-18-15)17-11-14-12(2)7-4-9-16-14/h4-5,7-10,13,17H,3,6,11H2,1-2H3. The normalized spacial score (nSPS) is 12.6. The summed E-state index contributed by atoms with van der Waals surface area (Å²) in [6, 6.07) is 8.89. The highest BCUT2D eigenvalue weighted by molar-refractivity contribution is 7.10. The predicted molar refractivity (Wildman–Crippen MR) is 77.8 cm³/mol. The smallest absolute Gasteiger partial charge is 0.0570 e. The topological polar surface area (TPSA) is 24.9 Å². The summed E-state index contributed by atoms with van der Waals surface area (Å²) in [5.74, 6) is 0. The number of thiophene rings is 1. The number of aryl methyl sites for hydroxylation is 1. The molecule has 2 nitrogen and oxygen atoms in total. The highest BCUT2D eigenvalue weighted by atomic mass is 32.1. The van der Waals surface area contributed by atoms with Crippen LogP contribution in [0.15, 0.2) is 35.8 Å². The number of nitrogens with zero attached hydrogens (tertiary/aromatic N) is 1. The average molecular weight is 260 g/mol. The lowest BCUT2D eigenvalue weighted by Gasteiger charge is -2.17. The SMILES string of the molecule is CCCC(NCc1ncccc1C)c1cccs1. The maximum absolute atomic E-state index is 4.43. The van der Waals surface area contributed by atoms with Crippen molar-refractivity contribution >= 4 is 11.3 Å².